The maximum absolute atomic E-state index is 13.5. The average molecular weight is 337 g/mol. The molecule has 1 saturated heterocycles. The second kappa shape index (κ2) is 6.27. The molecule has 8 heteroatoms. The van der Waals surface area contributed by atoms with Crippen LogP contribution in [0.4, 0.5) is 8.78 Å². The maximum atomic E-state index is 13.5. The van der Waals surface area contributed by atoms with E-state index in [1.54, 1.807) is 0 Å². The highest BCUT2D eigenvalue weighted by molar-refractivity contribution is 6.39. The first-order valence-corrected chi connectivity index (χ1v) is 7.65. The number of aliphatic hydroxyl groups excluding tert-OH is 1. The molecule has 0 aromatic heterocycles. The zero-order chi connectivity index (χ0) is 17.4. The van der Waals surface area contributed by atoms with Crippen molar-refractivity contribution in [2.45, 2.75) is 31.4 Å². The molecular weight excluding hydrogens is 320 g/mol. The predicted molar refractivity (Wildman–Crippen MR) is 80.9 cm³/mol. The molecule has 2 heterocycles. The molecule has 0 unspecified atom stereocenters. The molecule has 6 nitrogen and oxygen atoms in total. The average Bonchev–Trinajstić information content (AvgIpc) is 2.94. The summed E-state index contributed by atoms with van der Waals surface area (Å²) in [6.45, 7) is 0.0825. The van der Waals surface area contributed by atoms with E-state index in [-0.39, 0.29) is 37.4 Å². The summed E-state index contributed by atoms with van der Waals surface area (Å²) in [4.78, 5) is 25.6. The Hall–Kier alpha value is -2.35. The van der Waals surface area contributed by atoms with Crippen LogP contribution >= 0.6 is 0 Å². The zero-order valence-corrected chi connectivity index (χ0v) is 13.1. The fraction of sp³-hybridized carbons (Fsp3) is 0.438. The van der Waals surface area contributed by atoms with E-state index in [4.69, 9.17) is 0 Å². The van der Waals surface area contributed by atoms with Gasteiger partial charge in [-0.25, -0.2) is 13.8 Å². The van der Waals surface area contributed by atoms with Crippen molar-refractivity contribution in [2.75, 3.05) is 13.6 Å². The number of aliphatic hydroxyl groups is 1. The van der Waals surface area contributed by atoms with Gasteiger partial charge in [0.15, 0.2) is 11.6 Å². The monoisotopic (exact) mass is 337 g/mol. The minimum atomic E-state index is -0.998. The van der Waals surface area contributed by atoms with E-state index < -0.39 is 29.7 Å². The van der Waals surface area contributed by atoms with Crippen LogP contribution in [-0.4, -0.2) is 52.2 Å². The summed E-state index contributed by atoms with van der Waals surface area (Å²) in [6, 6.07) is 2.88. The van der Waals surface area contributed by atoms with Crippen LogP contribution in [-0.2, 0) is 9.59 Å². The van der Waals surface area contributed by atoms with Gasteiger partial charge in [0.1, 0.15) is 5.71 Å². The number of nitrogens with zero attached hydrogens (tertiary/aromatic N) is 3. The van der Waals surface area contributed by atoms with Crippen molar-refractivity contribution in [3.05, 3.63) is 35.4 Å². The third-order valence-electron chi connectivity index (χ3n) is 4.32. The van der Waals surface area contributed by atoms with Gasteiger partial charge in [-0.05, 0) is 24.1 Å². The third-order valence-corrected chi connectivity index (χ3v) is 4.32. The van der Waals surface area contributed by atoms with Gasteiger partial charge in [0.05, 0.1) is 12.1 Å². The van der Waals surface area contributed by atoms with Crippen LogP contribution in [0.25, 0.3) is 0 Å². The number of likely N-dealkylation sites (tertiary alicyclic amines) is 1. The van der Waals surface area contributed by atoms with E-state index >= 15 is 0 Å². The zero-order valence-electron chi connectivity index (χ0n) is 13.1. The van der Waals surface area contributed by atoms with E-state index in [1.165, 1.54) is 18.0 Å². The Morgan fingerprint density at radius 3 is 2.71 bits per heavy atom. The number of carbonyl (C=O) groups is 2. The lowest BCUT2D eigenvalue weighted by Gasteiger charge is -2.27. The highest BCUT2D eigenvalue weighted by Gasteiger charge is 2.38. The van der Waals surface area contributed by atoms with Gasteiger partial charge in [0.2, 0.25) is 5.91 Å². The van der Waals surface area contributed by atoms with E-state index in [1.807, 2.05) is 0 Å². The molecule has 1 aromatic carbocycles. The molecule has 24 heavy (non-hydrogen) atoms. The molecule has 2 atom stereocenters. The molecule has 128 valence electrons. The summed E-state index contributed by atoms with van der Waals surface area (Å²) in [6.07, 6.45) is -0.110. The Morgan fingerprint density at radius 1 is 1.29 bits per heavy atom. The van der Waals surface area contributed by atoms with Gasteiger partial charge in [-0.1, -0.05) is 6.07 Å². The van der Waals surface area contributed by atoms with Crippen molar-refractivity contribution < 1.29 is 23.5 Å². The fourth-order valence-electron chi connectivity index (χ4n) is 3.06. The van der Waals surface area contributed by atoms with Crippen LogP contribution in [0.15, 0.2) is 23.3 Å². The largest absolute Gasteiger partial charge is 0.391 e. The lowest BCUT2D eigenvalue weighted by molar-refractivity contribution is -0.130. The van der Waals surface area contributed by atoms with Crippen LogP contribution in [0, 0.1) is 11.6 Å². The maximum Gasteiger partial charge on any atom is 0.270 e. The molecule has 0 spiro atoms. The standard InChI is InChI=1S/C16H17F2N3O3/c1-20-15(23)5-4-13(19-20)16(24)21-8-10(22)7-14(21)9-2-3-11(17)12(18)6-9/h2-3,6,10,14,22H,4-5,7-8H2,1H3/t10-,14-/m1/s1. The van der Waals surface area contributed by atoms with Gasteiger partial charge in [-0.3, -0.25) is 9.59 Å². The molecular formula is C16H17F2N3O3. The van der Waals surface area contributed by atoms with Crippen molar-refractivity contribution >= 4 is 17.5 Å². The van der Waals surface area contributed by atoms with Gasteiger partial charge in [-0.2, -0.15) is 5.10 Å². The quantitative estimate of drug-likeness (QED) is 0.881. The van der Waals surface area contributed by atoms with Gasteiger partial charge < -0.3 is 10.0 Å². The predicted octanol–water partition coefficient (Wildman–Crippen LogP) is 1.21. The molecule has 1 N–H and O–H groups in total. The first kappa shape index (κ1) is 16.5. The van der Waals surface area contributed by atoms with Crippen LogP contribution in [0.3, 0.4) is 0 Å². The molecule has 0 bridgehead atoms. The number of halogens is 2. The highest BCUT2D eigenvalue weighted by atomic mass is 19.2. The van der Waals surface area contributed by atoms with Crippen LogP contribution in [0.5, 0.6) is 0 Å². The van der Waals surface area contributed by atoms with Crippen LogP contribution in [0.2, 0.25) is 0 Å². The number of benzene rings is 1. The lowest BCUT2D eigenvalue weighted by Crippen LogP contribution is -2.40. The second-order valence-electron chi connectivity index (χ2n) is 6.00. The molecule has 2 aliphatic heterocycles. The Balaban J connectivity index is 1.87. The Bertz CT molecular complexity index is 723. The molecule has 0 aliphatic carbocycles. The molecule has 1 fully saturated rings. The van der Waals surface area contributed by atoms with E-state index in [0.29, 0.717) is 5.56 Å². The van der Waals surface area contributed by atoms with Crippen molar-refractivity contribution in [3.63, 3.8) is 0 Å². The van der Waals surface area contributed by atoms with Gasteiger partial charge in [0, 0.05) is 26.4 Å². The SMILES string of the molecule is CN1N=C(C(=O)N2C[C@H](O)C[C@@H]2c2ccc(F)c(F)c2)CCC1=O. The summed E-state index contributed by atoms with van der Waals surface area (Å²) in [5.74, 6) is -2.54. The van der Waals surface area contributed by atoms with Gasteiger partial charge >= 0.3 is 0 Å². The Morgan fingerprint density at radius 2 is 2.04 bits per heavy atom. The topological polar surface area (TPSA) is 73.2 Å². The van der Waals surface area contributed by atoms with Crippen molar-refractivity contribution in [2.24, 2.45) is 5.10 Å². The minimum Gasteiger partial charge on any atom is -0.391 e. The molecule has 3 rings (SSSR count). The number of hydrogen-bond acceptors (Lipinski definition) is 4. The Kier molecular flexibility index (Phi) is 4.31. The van der Waals surface area contributed by atoms with Gasteiger partial charge in [0.25, 0.3) is 5.91 Å². The van der Waals surface area contributed by atoms with Crippen molar-refractivity contribution in [1.82, 2.24) is 9.91 Å². The number of amides is 2. The first-order chi connectivity index (χ1) is 11.4. The highest BCUT2D eigenvalue weighted by Crippen LogP contribution is 2.33. The summed E-state index contributed by atoms with van der Waals surface area (Å²) in [7, 11) is 1.47. The number of β-amino-alcohol motifs (C(OH)–C–C–N with tert-alkyl or cyclic N) is 1. The summed E-state index contributed by atoms with van der Waals surface area (Å²) < 4.78 is 26.6. The van der Waals surface area contributed by atoms with Crippen molar-refractivity contribution in [3.8, 4) is 0 Å². The summed E-state index contributed by atoms with van der Waals surface area (Å²) in [5, 5.41) is 15.0. The lowest BCUT2D eigenvalue weighted by atomic mass is 10.0. The normalized spacial score (nSPS) is 24.3. The van der Waals surface area contributed by atoms with E-state index in [0.717, 1.165) is 17.1 Å². The Labute approximate surface area is 137 Å². The molecule has 0 radical (unpaired) electrons. The number of carbonyl (C=O) groups excluding carboxylic acids is 2. The summed E-state index contributed by atoms with van der Waals surface area (Å²) in [5.41, 5.74) is 0.637. The molecule has 1 aromatic rings. The minimum absolute atomic E-state index is 0.0825. The van der Waals surface area contributed by atoms with Crippen molar-refractivity contribution in [1.29, 1.82) is 0 Å². The molecule has 2 amide bonds. The number of hydrogen-bond donors (Lipinski definition) is 1. The van der Waals surface area contributed by atoms with Crippen LogP contribution in [0.1, 0.15) is 30.9 Å². The van der Waals surface area contributed by atoms with E-state index in [9.17, 15) is 23.5 Å². The fourth-order valence-corrected chi connectivity index (χ4v) is 3.06. The van der Waals surface area contributed by atoms with E-state index in [2.05, 4.69) is 5.10 Å². The second-order valence-corrected chi connectivity index (χ2v) is 6.00. The van der Waals surface area contributed by atoms with Gasteiger partial charge in [-0.15, -0.1) is 0 Å². The summed E-state index contributed by atoms with van der Waals surface area (Å²) >= 11 is 0. The molecule has 0 saturated carbocycles. The first-order valence-electron chi connectivity index (χ1n) is 7.65. The van der Waals surface area contributed by atoms with Crippen LogP contribution < -0.4 is 0 Å². The third kappa shape index (κ3) is 3.01. The number of hydrazone groups is 1. The number of rotatable bonds is 2. The molecule has 2 aliphatic rings. The smallest absolute Gasteiger partial charge is 0.270 e.